The number of para-hydroxylation sites is 1. The number of aliphatic imine (C=N–C) groups is 1. The van der Waals surface area contributed by atoms with Crippen LogP contribution in [0.25, 0.3) is 5.69 Å². The first-order valence-corrected chi connectivity index (χ1v) is 9.79. The van der Waals surface area contributed by atoms with Gasteiger partial charge in [0.2, 0.25) is 0 Å². The Balaban J connectivity index is 1.61. The van der Waals surface area contributed by atoms with Gasteiger partial charge in [0.1, 0.15) is 12.9 Å². The Hall–Kier alpha value is -3.15. The lowest BCUT2D eigenvalue weighted by Crippen LogP contribution is -2.42. The van der Waals surface area contributed by atoms with E-state index < -0.39 is 0 Å². The van der Waals surface area contributed by atoms with Crippen LogP contribution in [0.2, 0.25) is 0 Å². The van der Waals surface area contributed by atoms with E-state index in [1.54, 1.807) is 6.33 Å². The normalized spacial score (nSPS) is 12.6. The highest BCUT2D eigenvalue weighted by Gasteiger charge is 2.08. The summed E-state index contributed by atoms with van der Waals surface area (Å²) >= 11 is 0. The Morgan fingerprint density at radius 1 is 1.07 bits per heavy atom. The van der Waals surface area contributed by atoms with Crippen LogP contribution in [0.15, 0.2) is 72.0 Å². The second-order valence-corrected chi connectivity index (χ2v) is 6.72. The van der Waals surface area contributed by atoms with Crippen LogP contribution in [0.1, 0.15) is 31.7 Å². The Morgan fingerprint density at radius 2 is 1.79 bits per heavy atom. The van der Waals surface area contributed by atoms with Crippen molar-refractivity contribution in [3.63, 3.8) is 0 Å². The molecule has 1 unspecified atom stereocenters. The molecule has 0 fully saturated rings. The van der Waals surface area contributed by atoms with E-state index in [1.807, 2.05) is 34.9 Å². The molecule has 0 aliphatic rings. The van der Waals surface area contributed by atoms with Crippen LogP contribution in [-0.4, -0.2) is 33.3 Å². The van der Waals surface area contributed by atoms with E-state index in [9.17, 15) is 0 Å². The SMILES string of the molecule is CCNC(=NCc1nncn1-c1ccccc1)NC(C)CCc1ccccc1. The third kappa shape index (κ3) is 5.67. The minimum absolute atomic E-state index is 0.310. The van der Waals surface area contributed by atoms with Gasteiger partial charge in [0.15, 0.2) is 11.8 Å². The lowest BCUT2D eigenvalue weighted by molar-refractivity contribution is 0.592. The van der Waals surface area contributed by atoms with Crippen molar-refractivity contribution >= 4 is 5.96 Å². The van der Waals surface area contributed by atoms with E-state index >= 15 is 0 Å². The van der Waals surface area contributed by atoms with Crippen molar-refractivity contribution in [2.45, 2.75) is 39.3 Å². The summed E-state index contributed by atoms with van der Waals surface area (Å²) in [5.74, 6) is 1.60. The van der Waals surface area contributed by atoms with E-state index in [4.69, 9.17) is 4.99 Å². The summed E-state index contributed by atoms with van der Waals surface area (Å²) in [7, 11) is 0. The van der Waals surface area contributed by atoms with Gasteiger partial charge < -0.3 is 10.6 Å². The van der Waals surface area contributed by atoms with Crippen molar-refractivity contribution < 1.29 is 0 Å². The van der Waals surface area contributed by atoms with Gasteiger partial charge in [0, 0.05) is 18.3 Å². The van der Waals surface area contributed by atoms with Crippen LogP contribution in [0, 0.1) is 0 Å². The molecule has 3 aromatic rings. The fraction of sp³-hybridized carbons (Fsp3) is 0.318. The second-order valence-electron chi connectivity index (χ2n) is 6.72. The number of nitrogens with zero attached hydrogens (tertiary/aromatic N) is 4. The summed E-state index contributed by atoms with van der Waals surface area (Å²) in [5.41, 5.74) is 2.39. The number of hydrogen-bond acceptors (Lipinski definition) is 3. The van der Waals surface area contributed by atoms with Crippen molar-refractivity contribution in [2.75, 3.05) is 6.54 Å². The average Bonchev–Trinajstić information content (AvgIpc) is 3.21. The maximum absolute atomic E-state index is 4.71. The average molecular weight is 377 g/mol. The molecule has 1 heterocycles. The van der Waals surface area contributed by atoms with E-state index in [1.165, 1.54) is 5.56 Å². The molecule has 6 nitrogen and oxygen atoms in total. The van der Waals surface area contributed by atoms with Crippen LogP contribution >= 0.6 is 0 Å². The lowest BCUT2D eigenvalue weighted by atomic mass is 10.1. The summed E-state index contributed by atoms with van der Waals surface area (Å²) in [5, 5.41) is 15.1. The molecule has 0 aliphatic heterocycles. The molecule has 0 saturated heterocycles. The van der Waals surface area contributed by atoms with Gasteiger partial charge in [-0.3, -0.25) is 4.57 Å². The molecule has 1 aromatic heterocycles. The minimum Gasteiger partial charge on any atom is -0.357 e. The van der Waals surface area contributed by atoms with Crippen LogP contribution < -0.4 is 10.6 Å². The monoisotopic (exact) mass is 376 g/mol. The Morgan fingerprint density at radius 3 is 2.50 bits per heavy atom. The Labute approximate surface area is 166 Å². The van der Waals surface area contributed by atoms with Gasteiger partial charge in [-0.15, -0.1) is 10.2 Å². The molecule has 28 heavy (non-hydrogen) atoms. The molecule has 3 rings (SSSR count). The van der Waals surface area contributed by atoms with Crippen molar-refractivity contribution in [2.24, 2.45) is 4.99 Å². The molecule has 0 saturated carbocycles. The Kier molecular flexibility index (Phi) is 7.18. The second kappa shape index (κ2) is 10.3. The first-order valence-electron chi connectivity index (χ1n) is 9.79. The third-order valence-corrected chi connectivity index (χ3v) is 4.47. The smallest absolute Gasteiger partial charge is 0.191 e. The largest absolute Gasteiger partial charge is 0.357 e. The fourth-order valence-corrected chi connectivity index (χ4v) is 2.97. The van der Waals surface area contributed by atoms with Crippen molar-refractivity contribution in [1.29, 1.82) is 0 Å². The number of aryl methyl sites for hydroxylation is 1. The fourth-order valence-electron chi connectivity index (χ4n) is 2.97. The molecule has 0 radical (unpaired) electrons. The lowest BCUT2D eigenvalue weighted by Gasteiger charge is -2.18. The summed E-state index contributed by atoms with van der Waals surface area (Å²) in [4.78, 5) is 4.71. The standard InChI is InChI=1S/C22H28N6/c1-3-23-22(26-18(2)14-15-19-10-6-4-7-11-19)24-16-21-27-25-17-28(21)20-12-8-5-9-13-20/h4-13,17-18H,3,14-16H2,1-2H3,(H2,23,24,26). The number of guanidine groups is 1. The van der Waals surface area contributed by atoms with Crippen LogP contribution in [-0.2, 0) is 13.0 Å². The summed E-state index contributed by atoms with van der Waals surface area (Å²) in [6.45, 7) is 5.51. The third-order valence-electron chi connectivity index (χ3n) is 4.47. The summed E-state index contributed by atoms with van der Waals surface area (Å²) < 4.78 is 1.96. The van der Waals surface area contributed by atoms with Crippen LogP contribution in [0.3, 0.4) is 0 Å². The molecule has 0 amide bonds. The zero-order valence-corrected chi connectivity index (χ0v) is 16.5. The maximum atomic E-state index is 4.71. The highest BCUT2D eigenvalue weighted by molar-refractivity contribution is 5.80. The molecule has 2 N–H and O–H groups in total. The number of nitrogens with one attached hydrogen (secondary N) is 2. The van der Waals surface area contributed by atoms with E-state index in [0.29, 0.717) is 12.6 Å². The minimum atomic E-state index is 0.310. The molecule has 0 spiro atoms. The van der Waals surface area contributed by atoms with Crippen molar-refractivity contribution in [1.82, 2.24) is 25.4 Å². The van der Waals surface area contributed by atoms with Crippen LogP contribution in [0.5, 0.6) is 0 Å². The molecular weight excluding hydrogens is 348 g/mol. The zero-order chi connectivity index (χ0) is 19.6. The summed E-state index contributed by atoms with van der Waals surface area (Å²) in [6, 6.07) is 20.9. The Bertz CT molecular complexity index is 857. The van der Waals surface area contributed by atoms with E-state index in [2.05, 4.69) is 65.0 Å². The number of aromatic nitrogens is 3. The van der Waals surface area contributed by atoms with Crippen molar-refractivity contribution in [3.05, 3.63) is 78.4 Å². The molecule has 6 heteroatoms. The molecule has 0 aliphatic carbocycles. The van der Waals surface area contributed by atoms with Gasteiger partial charge in [-0.25, -0.2) is 4.99 Å². The predicted octanol–water partition coefficient (Wildman–Crippen LogP) is 3.34. The van der Waals surface area contributed by atoms with Gasteiger partial charge >= 0.3 is 0 Å². The molecule has 1 atom stereocenters. The predicted molar refractivity (Wildman–Crippen MR) is 114 cm³/mol. The summed E-state index contributed by atoms with van der Waals surface area (Å²) in [6.07, 6.45) is 3.80. The molecule has 0 bridgehead atoms. The van der Waals surface area contributed by atoms with E-state index in [0.717, 1.165) is 36.9 Å². The van der Waals surface area contributed by atoms with E-state index in [-0.39, 0.29) is 0 Å². The number of benzene rings is 2. The number of hydrogen-bond donors (Lipinski definition) is 2. The maximum Gasteiger partial charge on any atom is 0.191 e. The van der Waals surface area contributed by atoms with Gasteiger partial charge in [0.05, 0.1) is 0 Å². The van der Waals surface area contributed by atoms with Gasteiger partial charge in [-0.1, -0.05) is 48.5 Å². The topological polar surface area (TPSA) is 67.1 Å². The molecule has 2 aromatic carbocycles. The van der Waals surface area contributed by atoms with Gasteiger partial charge in [-0.2, -0.15) is 0 Å². The van der Waals surface area contributed by atoms with Gasteiger partial charge in [0.25, 0.3) is 0 Å². The van der Waals surface area contributed by atoms with Crippen molar-refractivity contribution in [3.8, 4) is 5.69 Å². The molecular formula is C22H28N6. The van der Waals surface area contributed by atoms with Gasteiger partial charge in [-0.05, 0) is 44.4 Å². The van der Waals surface area contributed by atoms with Crippen LogP contribution in [0.4, 0.5) is 0 Å². The first-order chi connectivity index (χ1) is 13.8. The number of rotatable bonds is 8. The zero-order valence-electron chi connectivity index (χ0n) is 16.5. The quantitative estimate of drug-likeness (QED) is 0.467. The molecule has 146 valence electrons. The highest BCUT2D eigenvalue weighted by Crippen LogP contribution is 2.10. The highest BCUT2D eigenvalue weighted by atomic mass is 15.3. The first kappa shape index (κ1) is 19.6.